The van der Waals surface area contributed by atoms with E-state index in [0.29, 0.717) is 11.3 Å². The molecule has 250 valence electrons. The van der Waals surface area contributed by atoms with Crippen LogP contribution in [0.15, 0.2) is 182 Å². The third-order valence-electron chi connectivity index (χ3n) is 10.9. The van der Waals surface area contributed by atoms with Crippen LogP contribution >= 0.6 is 0 Å². The lowest BCUT2D eigenvalue weighted by Gasteiger charge is -2.34. The van der Waals surface area contributed by atoms with E-state index >= 15 is 0 Å². The number of nitrogens with zero attached hydrogens (tertiary/aromatic N) is 4. The summed E-state index contributed by atoms with van der Waals surface area (Å²) in [6.07, 6.45) is 0. The molecule has 10 rings (SSSR count). The van der Waals surface area contributed by atoms with E-state index < -0.39 is 5.41 Å². The molecule has 0 radical (unpaired) electrons. The van der Waals surface area contributed by atoms with Crippen molar-refractivity contribution in [1.82, 2.24) is 9.55 Å². The van der Waals surface area contributed by atoms with Crippen molar-refractivity contribution in [2.45, 2.75) is 5.41 Å². The summed E-state index contributed by atoms with van der Waals surface area (Å²) in [4.78, 5) is 8.77. The molecule has 7 aromatic carbocycles. The van der Waals surface area contributed by atoms with Gasteiger partial charge in [-0.25, -0.2) is 9.83 Å². The first-order chi connectivity index (χ1) is 26.7. The fourth-order valence-corrected chi connectivity index (χ4v) is 8.56. The van der Waals surface area contributed by atoms with Crippen LogP contribution in [0.25, 0.3) is 66.0 Å². The average molecular weight is 687 g/mol. The molecule has 0 aliphatic heterocycles. The molecule has 0 fully saturated rings. The Hall–Kier alpha value is -7.53. The van der Waals surface area contributed by atoms with Gasteiger partial charge >= 0.3 is 0 Å². The highest BCUT2D eigenvalue weighted by molar-refractivity contribution is 6.10. The maximum Gasteiger partial charge on any atom is 0.187 e. The quantitative estimate of drug-likeness (QED) is 0.169. The summed E-state index contributed by atoms with van der Waals surface area (Å²) in [5, 5.41) is 11.8. The lowest BCUT2D eigenvalue weighted by Crippen LogP contribution is -2.28. The van der Waals surface area contributed by atoms with Crippen molar-refractivity contribution in [3.8, 4) is 45.4 Å². The molecule has 0 atom stereocenters. The Bertz CT molecular complexity index is 2870. The van der Waals surface area contributed by atoms with Crippen molar-refractivity contribution >= 4 is 27.5 Å². The van der Waals surface area contributed by atoms with Crippen LogP contribution in [0.2, 0.25) is 0 Å². The molecule has 0 saturated carbocycles. The van der Waals surface area contributed by atoms with E-state index in [1.54, 1.807) is 0 Å². The van der Waals surface area contributed by atoms with Gasteiger partial charge in [-0.15, -0.1) is 0 Å². The molecule has 2 aromatic heterocycles. The number of aromatic nitrogens is 2. The molecule has 1 aliphatic rings. The molecular weight excluding hydrogens is 657 g/mol. The topological polar surface area (TPSA) is 46.0 Å². The first-order valence-electron chi connectivity index (χ1n) is 18.0. The van der Waals surface area contributed by atoms with Crippen molar-refractivity contribution < 1.29 is 0 Å². The maximum absolute atomic E-state index is 9.52. The number of para-hydroxylation sites is 1. The second kappa shape index (κ2) is 12.3. The largest absolute Gasteiger partial charge is 0.309 e. The van der Waals surface area contributed by atoms with E-state index in [1.165, 1.54) is 38.8 Å². The molecule has 4 nitrogen and oxygen atoms in total. The first-order valence-corrected chi connectivity index (χ1v) is 18.0. The Morgan fingerprint density at radius 3 is 1.76 bits per heavy atom. The Labute approximate surface area is 313 Å². The third-order valence-corrected chi connectivity index (χ3v) is 10.9. The first kappa shape index (κ1) is 31.2. The minimum atomic E-state index is -0.536. The Balaban J connectivity index is 1.28. The number of fused-ring (bicyclic) bond motifs is 6. The normalized spacial score (nSPS) is 12.6. The van der Waals surface area contributed by atoms with Gasteiger partial charge in [-0.2, -0.15) is 5.26 Å². The van der Waals surface area contributed by atoms with Gasteiger partial charge in [0.15, 0.2) is 5.69 Å². The highest BCUT2D eigenvalue weighted by atomic mass is 15.0. The van der Waals surface area contributed by atoms with Crippen LogP contribution in [0.4, 0.5) is 5.69 Å². The van der Waals surface area contributed by atoms with Crippen molar-refractivity contribution in [3.05, 3.63) is 221 Å². The van der Waals surface area contributed by atoms with E-state index in [0.717, 1.165) is 44.6 Å². The van der Waals surface area contributed by atoms with E-state index in [2.05, 4.69) is 149 Å². The number of pyridine rings is 1. The predicted molar refractivity (Wildman–Crippen MR) is 218 cm³/mol. The summed E-state index contributed by atoms with van der Waals surface area (Å²) in [5.41, 5.74) is 14.7. The summed E-state index contributed by atoms with van der Waals surface area (Å²) in [6, 6.07) is 65.9. The van der Waals surface area contributed by atoms with Crippen LogP contribution in [0.3, 0.4) is 0 Å². The molecule has 4 heteroatoms. The monoisotopic (exact) mass is 686 g/mol. The molecule has 0 bridgehead atoms. The molecule has 2 heterocycles. The number of rotatable bonds is 5. The zero-order valence-corrected chi connectivity index (χ0v) is 29.1. The smallest absolute Gasteiger partial charge is 0.187 e. The fourth-order valence-electron chi connectivity index (χ4n) is 8.56. The number of hydrogen-bond acceptors (Lipinski definition) is 2. The van der Waals surface area contributed by atoms with Gasteiger partial charge in [0.25, 0.3) is 0 Å². The molecular formula is C50H30N4. The minimum Gasteiger partial charge on any atom is -0.309 e. The molecule has 1 aliphatic carbocycles. The third kappa shape index (κ3) is 4.65. The van der Waals surface area contributed by atoms with Crippen LogP contribution in [0, 0.1) is 17.9 Å². The van der Waals surface area contributed by atoms with E-state index in [4.69, 9.17) is 11.6 Å². The molecule has 0 amide bonds. The number of hydrogen-bond donors (Lipinski definition) is 0. The van der Waals surface area contributed by atoms with Crippen molar-refractivity contribution in [2.75, 3.05) is 0 Å². The van der Waals surface area contributed by atoms with Crippen LogP contribution in [0.5, 0.6) is 0 Å². The van der Waals surface area contributed by atoms with Gasteiger partial charge in [0.2, 0.25) is 0 Å². The van der Waals surface area contributed by atoms with Gasteiger partial charge < -0.3 is 4.57 Å². The van der Waals surface area contributed by atoms with Crippen molar-refractivity contribution in [2.24, 2.45) is 0 Å². The lowest BCUT2D eigenvalue weighted by molar-refractivity contribution is 0.769. The van der Waals surface area contributed by atoms with Gasteiger partial charge in [-0.05, 0) is 75.3 Å². The summed E-state index contributed by atoms with van der Waals surface area (Å²) < 4.78 is 2.37. The van der Waals surface area contributed by atoms with E-state index in [9.17, 15) is 5.26 Å². The molecule has 54 heavy (non-hydrogen) atoms. The summed E-state index contributed by atoms with van der Waals surface area (Å²) >= 11 is 0. The second-order valence-corrected chi connectivity index (χ2v) is 13.7. The molecule has 9 aromatic rings. The van der Waals surface area contributed by atoms with Gasteiger partial charge in [0.1, 0.15) is 0 Å². The SMILES string of the molecule is [C-]#[N+]c1ccc(-c2cc(-n3c4ccccc4c4ccc(C5(c6ccccc6)c6ccccc6-c6ccccc65)cc43)cc(-c3ccc(C#N)cc3)n2)cc1. The van der Waals surface area contributed by atoms with Crippen molar-refractivity contribution in [3.63, 3.8) is 0 Å². The van der Waals surface area contributed by atoms with E-state index in [-0.39, 0.29) is 0 Å². The number of nitriles is 1. The van der Waals surface area contributed by atoms with Crippen LogP contribution in [-0.2, 0) is 5.41 Å². The number of benzene rings is 7. The zero-order chi connectivity index (χ0) is 36.2. The van der Waals surface area contributed by atoms with Gasteiger partial charge in [-0.1, -0.05) is 146 Å². The maximum atomic E-state index is 9.52. The summed E-state index contributed by atoms with van der Waals surface area (Å²) in [7, 11) is 0. The minimum absolute atomic E-state index is 0.536. The molecule has 0 N–H and O–H groups in total. The zero-order valence-electron chi connectivity index (χ0n) is 29.1. The second-order valence-electron chi connectivity index (χ2n) is 13.7. The fraction of sp³-hybridized carbons (Fsp3) is 0.0200. The summed E-state index contributed by atoms with van der Waals surface area (Å²) in [6.45, 7) is 7.49. The Morgan fingerprint density at radius 1 is 0.537 bits per heavy atom. The molecule has 0 spiro atoms. The highest BCUT2D eigenvalue weighted by Crippen LogP contribution is 2.56. The predicted octanol–water partition coefficient (Wildman–Crippen LogP) is 12.3. The summed E-state index contributed by atoms with van der Waals surface area (Å²) in [5.74, 6) is 0. The van der Waals surface area contributed by atoms with Crippen LogP contribution < -0.4 is 0 Å². The van der Waals surface area contributed by atoms with E-state index in [1.807, 2.05) is 48.5 Å². The lowest BCUT2D eigenvalue weighted by atomic mass is 9.67. The highest BCUT2D eigenvalue weighted by Gasteiger charge is 2.46. The van der Waals surface area contributed by atoms with Gasteiger partial charge in [0.05, 0.1) is 51.7 Å². The molecule has 0 unspecified atom stereocenters. The van der Waals surface area contributed by atoms with Gasteiger partial charge in [0, 0.05) is 16.3 Å². The standard InChI is InChI=1S/C50H30N4/c1-52-38-26-23-35(24-27-38)47-31-39(30-46(53-47)34-21-19-33(32-51)20-22-34)54-48-18-10-7-15-42(48)43-28-25-37(29-49(43)54)50(36-11-3-2-4-12-36)44-16-8-5-13-40(44)41-14-6-9-17-45(41)50/h2-31H. The van der Waals surface area contributed by atoms with Crippen molar-refractivity contribution in [1.29, 1.82) is 5.26 Å². The van der Waals surface area contributed by atoms with Crippen LogP contribution in [-0.4, -0.2) is 9.55 Å². The Morgan fingerprint density at radius 2 is 1.11 bits per heavy atom. The van der Waals surface area contributed by atoms with Gasteiger partial charge in [-0.3, -0.25) is 0 Å². The molecule has 0 saturated heterocycles. The Kier molecular flexibility index (Phi) is 7.12. The van der Waals surface area contributed by atoms with Crippen LogP contribution in [0.1, 0.15) is 27.8 Å². The average Bonchev–Trinajstić information content (AvgIpc) is 3.74.